The molecule has 0 aliphatic rings. The van der Waals surface area contributed by atoms with Crippen LogP contribution in [-0.2, 0) is 11.3 Å². The summed E-state index contributed by atoms with van der Waals surface area (Å²) in [4.78, 5) is 0. The van der Waals surface area contributed by atoms with Gasteiger partial charge in [-0.05, 0) is 32.4 Å². The van der Waals surface area contributed by atoms with Crippen molar-refractivity contribution in [3.63, 3.8) is 0 Å². The van der Waals surface area contributed by atoms with Gasteiger partial charge in [-0.3, -0.25) is 0 Å². The van der Waals surface area contributed by atoms with Gasteiger partial charge in [0.25, 0.3) is 0 Å². The highest BCUT2D eigenvalue weighted by Crippen LogP contribution is 2.36. The summed E-state index contributed by atoms with van der Waals surface area (Å²) in [7, 11) is 1.67. The fraction of sp³-hybridized carbons (Fsp3) is 0.467. The van der Waals surface area contributed by atoms with Gasteiger partial charge in [0.05, 0.1) is 18.2 Å². The van der Waals surface area contributed by atoms with E-state index in [1.54, 1.807) is 14.0 Å². The normalized spacial score (nSPS) is 13.2. The largest absolute Gasteiger partial charge is 0.389 e. The van der Waals surface area contributed by atoms with Crippen molar-refractivity contribution in [1.29, 1.82) is 0 Å². The van der Waals surface area contributed by atoms with Crippen LogP contribution in [0.3, 0.4) is 0 Å². The summed E-state index contributed by atoms with van der Waals surface area (Å²) < 4.78 is 7.17. The number of aliphatic hydroxyl groups excluding tert-OH is 1. The molecule has 1 heterocycles. The van der Waals surface area contributed by atoms with Crippen molar-refractivity contribution in [3.8, 4) is 0 Å². The zero-order valence-electron chi connectivity index (χ0n) is 11.8. The molecule has 0 aliphatic carbocycles. The molecule has 19 heavy (non-hydrogen) atoms. The van der Waals surface area contributed by atoms with E-state index in [1.165, 1.54) is 11.1 Å². The number of ether oxygens (including phenoxy) is 1. The van der Waals surface area contributed by atoms with Crippen molar-refractivity contribution >= 4 is 22.5 Å². The molecule has 0 saturated heterocycles. The topological polar surface area (TPSA) is 34.4 Å². The molecule has 1 aromatic heterocycles. The van der Waals surface area contributed by atoms with Gasteiger partial charge in [-0.25, -0.2) is 0 Å². The van der Waals surface area contributed by atoms with Crippen LogP contribution in [0.1, 0.15) is 29.7 Å². The second-order valence-electron chi connectivity index (χ2n) is 5.00. The lowest BCUT2D eigenvalue weighted by molar-refractivity contribution is 0.187. The summed E-state index contributed by atoms with van der Waals surface area (Å²) in [6.07, 6.45) is -0.583. The molecular formula is C15H20ClNO2. The van der Waals surface area contributed by atoms with E-state index in [9.17, 15) is 5.11 Å². The minimum Gasteiger partial charge on any atom is -0.389 e. The third-order valence-corrected chi connectivity index (χ3v) is 3.81. The zero-order chi connectivity index (χ0) is 14.2. The maximum absolute atomic E-state index is 9.99. The molecule has 0 fully saturated rings. The summed E-state index contributed by atoms with van der Waals surface area (Å²) in [5.74, 6) is 0. The number of halogens is 1. The van der Waals surface area contributed by atoms with Gasteiger partial charge < -0.3 is 14.4 Å². The van der Waals surface area contributed by atoms with Gasteiger partial charge in [-0.2, -0.15) is 0 Å². The van der Waals surface area contributed by atoms with Gasteiger partial charge in [-0.15, -0.1) is 0 Å². The SMILES string of the molecule is COCCn1c(Cl)c(C(C)O)c2cc(C)cc(C)c21. The molecule has 1 unspecified atom stereocenters. The molecule has 0 spiro atoms. The molecule has 2 aromatic rings. The van der Waals surface area contributed by atoms with Gasteiger partial charge in [-0.1, -0.05) is 23.2 Å². The van der Waals surface area contributed by atoms with Gasteiger partial charge in [0.15, 0.2) is 0 Å². The predicted molar refractivity (Wildman–Crippen MR) is 78.9 cm³/mol. The molecule has 4 heteroatoms. The second kappa shape index (κ2) is 5.53. The predicted octanol–water partition coefficient (Wildman–Crippen LogP) is 3.61. The highest BCUT2D eigenvalue weighted by Gasteiger charge is 2.20. The molecule has 1 atom stereocenters. The van der Waals surface area contributed by atoms with E-state index >= 15 is 0 Å². The summed E-state index contributed by atoms with van der Waals surface area (Å²) in [5, 5.41) is 11.6. The van der Waals surface area contributed by atoms with Crippen molar-refractivity contribution in [2.75, 3.05) is 13.7 Å². The van der Waals surface area contributed by atoms with E-state index in [-0.39, 0.29) is 0 Å². The minimum atomic E-state index is -0.583. The van der Waals surface area contributed by atoms with Crippen LogP contribution in [-0.4, -0.2) is 23.4 Å². The van der Waals surface area contributed by atoms with Crippen LogP contribution in [0, 0.1) is 13.8 Å². The Balaban J connectivity index is 2.76. The summed E-state index contributed by atoms with van der Waals surface area (Å²) in [6.45, 7) is 7.15. The highest BCUT2D eigenvalue weighted by molar-refractivity contribution is 6.32. The van der Waals surface area contributed by atoms with Crippen molar-refractivity contribution < 1.29 is 9.84 Å². The van der Waals surface area contributed by atoms with E-state index < -0.39 is 6.10 Å². The van der Waals surface area contributed by atoms with Crippen molar-refractivity contribution in [3.05, 3.63) is 34.0 Å². The van der Waals surface area contributed by atoms with Crippen LogP contribution >= 0.6 is 11.6 Å². The number of nitrogens with zero attached hydrogens (tertiary/aromatic N) is 1. The van der Waals surface area contributed by atoms with Gasteiger partial charge in [0.1, 0.15) is 5.15 Å². The molecule has 1 N–H and O–H groups in total. The lowest BCUT2D eigenvalue weighted by Gasteiger charge is -2.08. The first-order chi connectivity index (χ1) is 8.97. The number of fused-ring (bicyclic) bond motifs is 1. The first-order valence-electron chi connectivity index (χ1n) is 6.43. The second-order valence-corrected chi connectivity index (χ2v) is 5.36. The Kier molecular flexibility index (Phi) is 4.19. The number of hydrogen-bond acceptors (Lipinski definition) is 2. The smallest absolute Gasteiger partial charge is 0.115 e. The molecule has 0 saturated carbocycles. The summed E-state index contributed by atoms with van der Waals surface area (Å²) in [6, 6.07) is 4.22. The molecule has 2 rings (SSSR count). The number of aryl methyl sites for hydroxylation is 2. The average Bonchev–Trinajstić information content (AvgIpc) is 2.58. The maximum atomic E-state index is 9.99. The number of rotatable bonds is 4. The van der Waals surface area contributed by atoms with Crippen LogP contribution in [0.25, 0.3) is 10.9 Å². The quantitative estimate of drug-likeness (QED) is 0.929. The van der Waals surface area contributed by atoms with Gasteiger partial charge >= 0.3 is 0 Å². The molecule has 104 valence electrons. The maximum Gasteiger partial charge on any atom is 0.115 e. The highest BCUT2D eigenvalue weighted by atomic mass is 35.5. The molecule has 1 aromatic carbocycles. The Bertz CT molecular complexity index is 602. The Labute approximate surface area is 118 Å². The molecule has 0 bridgehead atoms. The van der Waals surface area contributed by atoms with Crippen LogP contribution in [0.15, 0.2) is 12.1 Å². The average molecular weight is 282 g/mol. The first-order valence-corrected chi connectivity index (χ1v) is 6.81. The number of benzene rings is 1. The zero-order valence-corrected chi connectivity index (χ0v) is 12.6. The van der Waals surface area contributed by atoms with E-state index in [1.807, 2.05) is 4.57 Å². The van der Waals surface area contributed by atoms with Crippen molar-refractivity contribution in [2.45, 2.75) is 33.4 Å². The standard InChI is InChI=1S/C15H20ClNO2/c1-9-7-10(2)14-12(8-9)13(11(3)18)15(16)17(14)5-6-19-4/h7-8,11,18H,5-6H2,1-4H3. The van der Waals surface area contributed by atoms with Gasteiger partial charge in [0, 0.05) is 24.6 Å². The van der Waals surface area contributed by atoms with Crippen LogP contribution in [0.2, 0.25) is 5.15 Å². The minimum absolute atomic E-state index is 0.583. The Morgan fingerprint density at radius 3 is 2.63 bits per heavy atom. The Hall–Kier alpha value is -1.03. The Morgan fingerprint density at radius 1 is 1.37 bits per heavy atom. The molecular weight excluding hydrogens is 262 g/mol. The van der Waals surface area contributed by atoms with E-state index in [0.717, 1.165) is 16.5 Å². The third-order valence-electron chi connectivity index (χ3n) is 3.40. The Morgan fingerprint density at radius 2 is 2.05 bits per heavy atom. The fourth-order valence-electron chi connectivity index (χ4n) is 2.67. The molecule has 3 nitrogen and oxygen atoms in total. The summed E-state index contributed by atoms with van der Waals surface area (Å²) in [5.41, 5.74) is 4.23. The van der Waals surface area contributed by atoms with Crippen LogP contribution in [0.5, 0.6) is 0 Å². The van der Waals surface area contributed by atoms with E-state index in [0.29, 0.717) is 18.3 Å². The number of hydrogen-bond donors (Lipinski definition) is 1. The lowest BCUT2D eigenvalue weighted by atomic mass is 10.0. The van der Waals surface area contributed by atoms with Crippen molar-refractivity contribution in [1.82, 2.24) is 4.57 Å². The molecule has 0 radical (unpaired) electrons. The van der Waals surface area contributed by atoms with Gasteiger partial charge in [0.2, 0.25) is 0 Å². The lowest BCUT2D eigenvalue weighted by Crippen LogP contribution is -2.05. The number of aliphatic hydroxyl groups is 1. The molecule has 0 amide bonds. The molecule has 0 aliphatic heterocycles. The third kappa shape index (κ3) is 2.50. The van der Waals surface area contributed by atoms with Crippen LogP contribution in [0.4, 0.5) is 0 Å². The van der Waals surface area contributed by atoms with E-state index in [4.69, 9.17) is 16.3 Å². The van der Waals surface area contributed by atoms with Crippen molar-refractivity contribution in [2.24, 2.45) is 0 Å². The monoisotopic (exact) mass is 281 g/mol. The fourth-order valence-corrected chi connectivity index (χ4v) is 3.10. The number of methoxy groups -OCH3 is 1. The summed E-state index contributed by atoms with van der Waals surface area (Å²) >= 11 is 6.45. The first kappa shape index (κ1) is 14.4. The number of aromatic nitrogens is 1. The van der Waals surface area contributed by atoms with Crippen LogP contribution < -0.4 is 0 Å². The van der Waals surface area contributed by atoms with E-state index in [2.05, 4.69) is 26.0 Å².